The van der Waals surface area contributed by atoms with Crippen LogP contribution < -0.4 is 24.8 Å². The zero-order valence-corrected chi connectivity index (χ0v) is 16.7. The minimum absolute atomic E-state index is 0. The van der Waals surface area contributed by atoms with Crippen molar-refractivity contribution in [2.45, 2.75) is 39.0 Å². The molecule has 2 heterocycles. The van der Waals surface area contributed by atoms with Crippen molar-refractivity contribution in [1.29, 1.82) is 0 Å². The largest absolute Gasteiger partial charge is 1.00 e. The summed E-state index contributed by atoms with van der Waals surface area (Å²) < 4.78 is 0. The van der Waals surface area contributed by atoms with Gasteiger partial charge in [-0.05, 0) is 0 Å². The van der Waals surface area contributed by atoms with Gasteiger partial charge in [-0.1, -0.05) is 0 Å². The average Bonchev–Trinajstić information content (AvgIpc) is 2.67. The van der Waals surface area contributed by atoms with Gasteiger partial charge in [0.25, 0.3) is 0 Å². The van der Waals surface area contributed by atoms with E-state index >= 15 is 0 Å². The van der Waals surface area contributed by atoms with Gasteiger partial charge < -0.3 is 24.8 Å². The van der Waals surface area contributed by atoms with E-state index < -0.39 is 0 Å². The molecule has 0 saturated heterocycles. The zero-order chi connectivity index (χ0) is 11.0. The van der Waals surface area contributed by atoms with Crippen molar-refractivity contribution in [2.75, 3.05) is 0 Å². The van der Waals surface area contributed by atoms with Gasteiger partial charge in [-0.2, -0.15) is 0 Å². The summed E-state index contributed by atoms with van der Waals surface area (Å²) in [5, 5.41) is 3.56. The zero-order valence-electron chi connectivity index (χ0n) is 10.7. The van der Waals surface area contributed by atoms with E-state index in [4.69, 9.17) is 0 Å². The monoisotopic (exact) mass is 386 g/mol. The number of rotatable bonds is 2. The van der Waals surface area contributed by atoms with Gasteiger partial charge >= 0.3 is 106 Å². The fourth-order valence-electron chi connectivity index (χ4n) is 2.24. The van der Waals surface area contributed by atoms with Gasteiger partial charge in [0.2, 0.25) is 0 Å². The Morgan fingerprint density at radius 2 is 1.24 bits per heavy atom. The standard InChI is InChI=1S/2C6H9P.2ClH.Zr/c2*1-5-3-4-6(2)7-5;;;/h2*3-5H,1-2H3;2*1H;. The molecule has 0 fully saturated rings. The summed E-state index contributed by atoms with van der Waals surface area (Å²) >= 11 is -0.125. The molecule has 96 valence electrons. The van der Waals surface area contributed by atoms with Crippen molar-refractivity contribution in [3.05, 3.63) is 24.3 Å². The minimum atomic E-state index is -0.125. The van der Waals surface area contributed by atoms with Crippen LogP contribution in [0.2, 0.25) is 0 Å². The third-order valence-corrected chi connectivity index (χ3v) is 34.1. The Labute approximate surface area is 129 Å². The minimum Gasteiger partial charge on any atom is -1.00 e. The van der Waals surface area contributed by atoms with E-state index in [0.717, 1.165) is 11.3 Å². The molecule has 17 heavy (non-hydrogen) atoms. The predicted octanol–water partition coefficient (Wildman–Crippen LogP) is -2.36. The van der Waals surface area contributed by atoms with E-state index in [0.29, 0.717) is 0 Å². The Balaban J connectivity index is 0.00000128. The molecule has 0 spiro atoms. The third-order valence-electron chi connectivity index (χ3n) is 3.30. The first-order valence-corrected chi connectivity index (χ1v) is 16.2. The van der Waals surface area contributed by atoms with Gasteiger partial charge in [-0.15, -0.1) is 0 Å². The summed E-state index contributed by atoms with van der Waals surface area (Å²) in [5.41, 5.74) is 1.89. The van der Waals surface area contributed by atoms with Gasteiger partial charge in [0, 0.05) is 0 Å². The summed E-state index contributed by atoms with van der Waals surface area (Å²) in [6.07, 6.45) is 9.78. The van der Waals surface area contributed by atoms with Crippen molar-refractivity contribution < 1.29 is 46.9 Å². The molecular formula is C12H20Cl2P2Zr. The van der Waals surface area contributed by atoms with Crippen molar-refractivity contribution >= 4 is 20.3 Å². The first kappa shape index (κ1) is 18.5. The van der Waals surface area contributed by atoms with Gasteiger partial charge in [0.15, 0.2) is 0 Å². The van der Waals surface area contributed by atoms with E-state index in [9.17, 15) is 0 Å². The fourth-order valence-corrected chi connectivity index (χ4v) is 37.2. The molecular weight excluding hydrogens is 368 g/mol. The summed E-state index contributed by atoms with van der Waals surface area (Å²) in [6, 6.07) is 0. The predicted molar refractivity (Wildman–Crippen MR) is 75.2 cm³/mol. The van der Waals surface area contributed by atoms with Crippen LogP contribution in [-0.4, -0.2) is 21.9 Å². The van der Waals surface area contributed by atoms with Gasteiger partial charge in [-0.3, -0.25) is 0 Å². The summed E-state index contributed by atoms with van der Waals surface area (Å²) in [7, 11) is 0. The summed E-state index contributed by atoms with van der Waals surface area (Å²) in [6.45, 7) is 9.68. The Morgan fingerprint density at radius 3 is 1.47 bits per heavy atom. The summed E-state index contributed by atoms with van der Waals surface area (Å²) in [5.74, 6) is 0. The van der Waals surface area contributed by atoms with Crippen molar-refractivity contribution in [3.63, 3.8) is 0 Å². The molecule has 2 aliphatic heterocycles. The number of hydrogen-bond acceptors (Lipinski definition) is 0. The number of allylic oxidation sites excluding steroid dienone is 4. The Bertz CT molecular complexity index is 373. The molecule has 0 aromatic carbocycles. The van der Waals surface area contributed by atoms with E-state index in [2.05, 4.69) is 52.0 Å². The van der Waals surface area contributed by atoms with E-state index in [1.807, 2.05) is 0 Å². The molecule has 0 radical (unpaired) electrons. The molecule has 4 unspecified atom stereocenters. The Hall–Kier alpha value is 1.54. The van der Waals surface area contributed by atoms with Crippen molar-refractivity contribution in [1.82, 2.24) is 0 Å². The fraction of sp³-hybridized carbons (Fsp3) is 0.500. The van der Waals surface area contributed by atoms with Gasteiger partial charge in [-0.25, -0.2) is 0 Å². The topological polar surface area (TPSA) is 0 Å². The first-order valence-electron chi connectivity index (χ1n) is 5.64. The quantitative estimate of drug-likeness (QED) is 0.465. The van der Waals surface area contributed by atoms with Gasteiger partial charge in [0.05, 0.1) is 0 Å². The Kier molecular flexibility index (Phi) is 8.69. The van der Waals surface area contributed by atoms with Crippen LogP contribution in [-0.2, 0) is 22.1 Å². The number of halogens is 2. The molecule has 5 heteroatoms. The molecule has 0 N–H and O–H groups in total. The maximum atomic E-state index is 2.47. The molecule has 0 aromatic rings. The maximum absolute atomic E-state index is 2.47. The van der Waals surface area contributed by atoms with Crippen LogP contribution in [0.25, 0.3) is 0 Å². The van der Waals surface area contributed by atoms with E-state index in [1.165, 1.54) is 0 Å². The second-order valence-electron chi connectivity index (χ2n) is 4.61. The summed E-state index contributed by atoms with van der Waals surface area (Å²) in [4.78, 5) is -0.111. The van der Waals surface area contributed by atoms with Crippen LogP contribution in [0.5, 0.6) is 0 Å². The van der Waals surface area contributed by atoms with Crippen LogP contribution in [0.4, 0.5) is 0 Å². The van der Waals surface area contributed by atoms with E-state index in [1.54, 1.807) is 10.6 Å². The molecule has 0 bridgehead atoms. The van der Waals surface area contributed by atoms with Gasteiger partial charge in [0.1, 0.15) is 0 Å². The normalized spacial score (nSPS) is 34.4. The van der Waals surface area contributed by atoms with Crippen LogP contribution in [0, 0.1) is 0 Å². The Morgan fingerprint density at radius 1 is 0.882 bits per heavy atom. The van der Waals surface area contributed by atoms with Crippen LogP contribution in [0.3, 0.4) is 0 Å². The average molecular weight is 388 g/mol. The van der Waals surface area contributed by atoms with Crippen molar-refractivity contribution in [3.8, 4) is 0 Å². The molecule has 4 atom stereocenters. The molecule has 0 aliphatic carbocycles. The smallest absolute Gasteiger partial charge is 1.00 e. The molecule has 0 aromatic heterocycles. The molecule has 0 amide bonds. The molecule has 0 nitrogen and oxygen atoms in total. The molecule has 0 saturated carbocycles. The second-order valence-corrected chi connectivity index (χ2v) is 24.1. The van der Waals surface area contributed by atoms with E-state index in [-0.39, 0.29) is 56.6 Å². The van der Waals surface area contributed by atoms with Crippen molar-refractivity contribution in [2.24, 2.45) is 0 Å². The third kappa shape index (κ3) is 4.26. The second kappa shape index (κ2) is 7.97. The van der Waals surface area contributed by atoms with Crippen LogP contribution in [0.1, 0.15) is 27.7 Å². The van der Waals surface area contributed by atoms with Crippen LogP contribution in [0.15, 0.2) is 24.3 Å². The first-order chi connectivity index (χ1) is 7.09. The molecule has 2 rings (SSSR count). The number of hydrogen-bond donors (Lipinski definition) is 0. The molecule has 2 aliphatic rings. The maximum Gasteiger partial charge on any atom is -1.00 e. The van der Waals surface area contributed by atoms with Crippen LogP contribution >= 0.6 is 9.68 Å². The SMILES string of the molecule is CC1=[PH]([Zr+2][PH]2=C(C)C=CC2C)C(C)C=C1.[Cl-].[Cl-].